The number of esters is 2. The first-order chi connectivity index (χ1) is 19.7. The van der Waals surface area contributed by atoms with Crippen molar-refractivity contribution in [2.75, 3.05) is 44.4 Å². The second-order valence-electron chi connectivity index (χ2n) is 11.0. The number of hydrogen-bond donors (Lipinski definition) is 0. The van der Waals surface area contributed by atoms with E-state index >= 15 is 0 Å². The summed E-state index contributed by atoms with van der Waals surface area (Å²) in [4.78, 5) is 29.6. The summed E-state index contributed by atoms with van der Waals surface area (Å²) in [6.45, 7) is 12.8. The molecule has 0 saturated carbocycles. The quantitative estimate of drug-likeness (QED) is 0.253. The molecule has 0 amide bonds. The Hall–Kier alpha value is -4.17. The molecular formula is C33H37N3O5. The van der Waals surface area contributed by atoms with Crippen LogP contribution in [0.1, 0.15) is 60.9 Å². The molecule has 4 aromatic rings. The van der Waals surface area contributed by atoms with Gasteiger partial charge in [-0.05, 0) is 36.5 Å². The monoisotopic (exact) mass is 555 g/mol. The third kappa shape index (κ3) is 5.57. The molecule has 0 unspecified atom stereocenters. The highest BCUT2D eigenvalue weighted by Gasteiger charge is 2.34. The second-order valence-corrected chi connectivity index (χ2v) is 11.0. The van der Waals surface area contributed by atoms with Crippen LogP contribution in [-0.4, -0.2) is 61.1 Å². The Morgan fingerprint density at radius 3 is 2.05 bits per heavy atom. The molecule has 8 nitrogen and oxygen atoms in total. The van der Waals surface area contributed by atoms with Crippen molar-refractivity contribution >= 4 is 23.3 Å². The van der Waals surface area contributed by atoms with Crippen molar-refractivity contribution < 1.29 is 23.8 Å². The van der Waals surface area contributed by atoms with Gasteiger partial charge in [-0.15, -0.1) is 5.10 Å². The Balaban J connectivity index is 1.91. The van der Waals surface area contributed by atoms with Gasteiger partial charge in [0.05, 0.1) is 37.6 Å². The lowest BCUT2D eigenvalue weighted by Gasteiger charge is -2.28. The van der Waals surface area contributed by atoms with Gasteiger partial charge in [-0.2, -0.15) is 0 Å². The molecule has 1 fully saturated rings. The lowest BCUT2D eigenvalue weighted by molar-refractivity contribution is 0.0482. The first-order valence-corrected chi connectivity index (χ1v) is 14.2. The van der Waals surface area contributed by atoms with Crippen molar-refractivity contribution in [3.05, 3.63) is 77.4 Å². The third-order valence-corrected chi connectivity index (χ3v) is 7.28. The van der Waals surface area contributed by atoms with Gasteiger partial charge in [-0.25, -0.2) is 14.1 Å². The SMILES string of the molecule is CCOC(=O)c1c(C(=O)OCC)c2c(-c3ccccc3)cc(N3CCOCC3)nn2c1-c1ccc(C(C)(C)C)cc1. The lowest BCUT2D eigenvalue weighted by Crippen LogP contribution is -2.37. The minimum Gasteiger partial charge on any atom is -0.462 e. The zero-order chi connectivity index (χ0) is 29.1. The predicted molar refractivity (Wildman–Crippen MR) is 160 cm³/mol. The summed E-state index contributed by atoms with van der Waals surface area (Å²) in [6.07, 6.45) is 0. The Morgan fingerprint density at radius 2 is 1.46 bits per heavy atom. The highest BCUT2D eigenvalue weighted by atomic mass is 16.5. The molecule has 214 valence electrons. The van der Waals surface area contributed by atoms with E-state index in [9.17, 15) is 9.59 Å². The van der Waals surface area contributed by atoms with Crippen LogP contribution in [-0.2, 0) is 19.6 Å². The van der Waals surface area contributed by atoms with Crippen LogP contribution >= 0.6 is 0 Å². The molecule has 1 saturated heterocycles. The minimum atomic E-state index is -0.595. The number of hydrogen-bond acceptors (Lipinski definition) is 7. The van der Waals surface area contributed by atoms with Gasteiger partial charge in [0.15, 0.2) is 0 Å². The highest BCUT2D eigenvalue weighted by Crippen LogP contribution is 2.40. The number of rotatable bonds is 7. The van der Waals surface area contributed by atoms with Crippen LogP contribution in [0.3, 0.4) is 0 Å². The molecule has 0 spiro atoms. The smallest absolute Gasteiger partial charge is 0.341 e. The largest absolute Gasteiger partial charge is 0.462 e. The summed E-state index contributed by atoms with van der Waals surface area (Å²) in [5, 5.41) is 5.07. The fraction of sp³-hybridized carbons (Fsp3) is 0.364. The van der Waals surface area contributed by atoms with Crippen LogP contribution in [0.4, 0.5) is 5.82 Å². The van der Waals surface area contributed by atoms with Crippen LogP contribution in [0.25, 0.3) is 27.9 Å². The Labute approximate surface area is 240 Å². The average molecular weight is 556 g/mol. The van der Waals surface area contributed by atoms with Crippen molar-refractivity contribution in [1.82, 2.24) is 9.61 Å². The molecular weight excluding hydrogens is 518 g/mol. The number of fused-ring (bicyclic) bond motifs is 1. The van der Waals surface area contributed by atoms with Crippen molar-refractivity contribution in [2.45, 2.75) is 40.0 Å². The van der Waals surface area contributed by atoms with Crippen LogP contribution in [0.2, 0.25) is 0 Å². The molecule has 5 rings (SSSR count). The van der Waals surface area contributed by atoms with Crippen molar-refractivity contribution in [3.63, 3.8) is 0 Å². The molecule has 3 heterocycles. The molecule has 0 N–H and O–H groups in total. The number of aromatic nitrogens is 2. The van der Waals surface area contributed by atoms with E-state index in [-0.39, 0.29) is 29.8 Å². The maximum absolute atomic E-state index is 13.7. The molecule has 1 aliphatic rings. The molecule has 1 aliphatic heterocycles. The summed E-state index contributed by atoms with van der Waals surface area (Å²) >= 11 is 0. The molecule has 41 heavy (non-hydrogen) atoms. The zero-order valence-corrected chi connectivity index (χ0v) is 24.4. The van der Waals surface area contributed by atoms with E-state index in [0.717, 1.165) is 28.1 Å². The third-order valence-electron chi connectivity index (χ3n) is 7.28. The number of benzene rings is 2. The van der Waals surface area contributed by atoms with Gasteiger partial charge in [0, 0.05) is 24.2 Å². The van der Waals surface area contributed by atoms with E-state index in [2.05, 4.69) is 37.8 Å². The van der Waals surface area contributed by atoms with Crippen LogP contribution in [0.15, 0.2) is 60.7 Å². The Kier molecular flexibility index (Phi) is 8.13. The number of nitrogens with zero attached hydrogens (tertiary/aromatic N) is 3. The maximum Gasteiger partial charge on any atom is 0.341 e. The summed E-state index contributed by atoms with van der Waals surface area (Å²) in [7, 11) is 0. The van der Waals surface area contributed by atoms with Crippen LogP contribution in [0, 0.1) is 0 Å². The number of anilines is 1. The maximum atomic E-state index is 13.7. The van der Waals surface area contributed by atoms with Gasteiger partial charge in [0.1, 0.15) is 16.9 Å². The van der Waals surface area contributed by atoms with Gasteiger partial charge >= 0.3 is 11.9 Å². The zero-order valence-electron chi connectivity index (χ0n) is 24.4. The van der Waals surface area contributed by atoms with Crippen molar-refractivity contribution in [1.29, 1.82) is 0 Å². The number of morpholine rings is 1. The molecule has 2 aromatic heterocycles. The lowest BCUT2D eigenvalue weighted by atomic mass is 9.86. The molecule has 0 aliphatic carbocycles. The van der Waals surface area contributed by atoms with Crippen molar-refractivity contribution in [3.8, 4) is 22.4 Å². The number of carbonyl (C=O) groups is 2. The average Bonchev–Trinajstić information content (AvgIpc) is 3.33. The van der Waals surface area contributed by atoms with E-state index in [0.29, 0.717) is 37.5 Å². The van der Waals surface area contributed by atoms with E-state index in [1.54, 1.807) is 18.4 Å². The normalized spacial score (nSPS) is 13.8. The molecule has 2 aromatic carbocycles. The second kappa shape index (κ2) is 11.7. The Morgan fingerprint density at radius 1 is 0.854 bits per heavy atom. The number of ether oxygens (including phenoxy) is 3. The summed E-state index contributed by atoms with van der Waals surface area (Å²) in [6, 6.07) is 19.9. The predicted octanol–water partition coefficient (Wildman–Crippen LogP) is 6.16. The summed E-state index contributed by atoms with van der Waals surface area (Å²) in [5.74, 6) is -0.459. The van der Waals surface area contributed by atoms with E-state index in [1.807, 2.05) is 48.5 Å². The molecule has 0 atom stereocenters. The first kappa shape index (κ1) is 28.4. The number of carbonyl (C=O) groups excluding carboxylic acids is 2. The highest BCUT2D eigenvalue weighted by molar-refractivity contribution is 6.15. The standard InChI is InChI=1S/C33H37N3O5/c1-6-40-31(37)27-28(32(38)41-7-2)30-25(22-11-9-8-10-12-22)21-26(35-17-19-39-20-18-35)34-36(30)29(27)23-13-15-24(16-14-23)33(3,4)5/h8-16,21H,6-7,17-20H2,1-5H3. The van der Waals surface area contributed by atoms with Gasteiger partial charge in [-0.1, -0.05) is 75.4 Å². The fourth-order valence-corrected chi connectivity index (χ4v) is 5.22. The van der Waals surface area contributed by atoms with E-state index in [4.69, 9.17) is 19.3 Å². The summed E-state index contributed by atoms with van der Waals surface area (Å²) < 4.78 is 18.4. The van der Waals surface area contributed by atoms with E-state index in [1.165, 1.54) is 0 Å². The minimum absolute atomic E-state index is 0.0535. The fourth-order valence-electron chi connectivity index (χ4n) is 5.22. The molecule has 0 bridgehead atoms. The van der Waals surface area contributed by atoms with Gasteiger partial charge < -0.3 is 19.1 Å². The first-order valence-electron chi connectivity index (χ1n) is 14.2. The van der Waals surface area contributed by atoms with Crippen LogP contribution in [0.5, 0.6) is 0 Å². The van der Waals surface area contributed by atoms with Gasteiger partial charge in [0.25, 0.3) is 0 Å². The van der Waals surface area contributed by atoms with Gasteiger partial charge in [0.2, 0.25) is 0 Å². The van der Waals surface area contributed by atoms with Crippen LogP contribution < -0.4 is 4.90 Å². The molecule has 0 radical (unpaired) electrons. The Bertz CT molecular complexity index is 1550. The molecule has 8 heteroatoms. The summed E-state index contributed by atoms with van der Waals surface area (Å²) in [5.41, 5.74) is 4.81. The van der Waals surface area contributed by atoms with Gasteiger partial charge in [-0.3, -0.25) is 0 Å². The van der Waals surface area contributed by atoms with E-state index < -0.39 is 11.9 Å². The van der Waals surface area contributed by atoms with Crippen molar-refractivity contribution in [2.24, 2.45) is 0 Å². The topological polar surface area (TPSA) is 82.4 Å².